The number of amides is 1. The first-order valence-electron chi connectivity index (χ1n) is 7.87. The van der Waals surface area contributed by atoms with E-state index >= 15 is 0 Å². The fourth-order valence-corrected chi connectivity index (χ4v) is 2.56. The van der Waals surface area contributed by atoms with Gasteiger partial charge in [0.2, 0.25) is 5.91 Å². The van der Waals surface area contributed by atoms with Gasteiger partial charge >= 0.3 is 0 Å². The normalized spacial score (nSPS) is 11.3. The van der Waals surface area contributed by atoms with Crippen LogP contribution in [0.25, 0.3) is 0 Å². The summed E-state index contributed by atoms with van der Waals surface area (Å²) < 4.78 is 0. The van der Waals surface area contributed by atoms with Crippen molar-refractivity contribution >= 4 is 24.0 Å². The zero-order chi connectivity index (χ0) is 15.8. The van der Waals surface area contributed by atoms with E-state index in [9.17, 15) is 4.79 Å². The van der Waals surface area contributed by atoms with Crippen molar-refractivity contribution in [1.29, 1.82) is 0 Å². The number of hydrogen-bond acceptors (Lipinski definition) is 2. The molecule has 124 valence electrons. The van der Waals surface area contributed by atoms with Crippen LogP contribution in [-0.4, -0.2) is 12.5 Å². The standard InChI is InChI=1S/C19H24N2O.ClH/c1-2-6-18(16-7-4-3-5-8-16)19(22)21-14-13-15-9-11-17(20)12-10-15;/h3-5,7-12,18H,2,6,13-14,20H2,1H3,(H,21,22);1H. The van der Waals surface area contributed by atoms with Gasteiger partial charge in [0.1, 0.15) is 0 Å². The number of nitrogens with one attached hydrogen (secondary N) is 1. The van der Waals surface area contributed by atoms with Gasteiger partial charge in [0.15, 0.2) is 0 Å². The van der Waals surface area contributed by atoms with Crippen molar-refractivity contribution in [2.75, 3.05) is 12.3 Å². The summed E-state index contributed by atoms with van der Waals surface area (Å²) in [6.45, 7) is 2.76. The molecule has 0 radical (unpaired) electrons. The minimum atomic E-state index is -0.0578. The molecule has 0 saturated carbocycles. The van der Waals surface area contributed by atoms with E-state index in [0.717, 1.165) is 30.5 Å². The third kappa shape index (κ3) is 5.95. The van der Waals surface area contributed by atoms with E-state index in [0.29, 0.717) is 6.54 Å². The molecule has 1 atom stereocenters. The van der Waals surface area contributed by atoms with Crippen LogP contribution < -0.4 is 11.1 Å². The molecule has 1 amide bonds. The van der Waals surface area contributed by atoms with Crippen molar-refractivity contribution < 1.29 is 4.79 Å². The molecule has 0 saturated heterocycles. The van der Waals surface area contributed by atoms with E-state index in [2.05, 4.69) is 12.2 Å². The number of nitrogen functional groups attached to an aromatic ring is 1. The summed E-state index contributed by atoms with van der Waals surface area (Å²) in [4.78, 5) is 12.4. The molecule has 2 rings (SSSR count). The van der Waals surface area contributed by atoms with Crippen LogP contribution in [0.4, 0.5) is 5.69 Å². The van der Waals surface area contributed by atoms with Crippen LogP contribution in [-0.2, 0) is 11.2 Å². The Kier molecular flexibility index (Phi) is 8.20. The Labute approximate surface area is 144 Å². The summed E-state index contributed by atoms with van der Waals surface area (Å²) in [5.41, 5.74) is 8.71. The van der Waals surface area contributed by atoms with Gasteiger partial charge in [-0.3, -0.25) is 4.79 Å². The van der Waals surface area contributed by atoms with Crippen LogP contribution in [0.2, 0.25) is 0 Å². The number of anilines is 1. The van der Waals surface area contributed by atoms with Crippen molar-refractivity contribution in [2.45, 2.75) is 32.1 Å². The van der Waals surface area contributed by atoms with Gasteiger partial charge < -0.3 is 11.1 Å². The second-order valence-corrected chi connectivity index (χ2v) is 5.53. The lowest BCUT2D eigenvalue weighted by Gasteiger charge is -2.16. The van der Waals surface area contributed by atoms with Gasteiger partial charge in [0.05, 0.1) is 5.92 Å². The van der Waals surface area contributed by atoms with E-state index in [1.165, 1.54) is 5.56 Å². The van der Waals surface area contributed by atoms with Crippen LogP contribution in [0.1, 0.15) is 36.8 Å². The van der Waals surface area contributed by atoms with E-state index in [-0.39, 0.29) is 24.2 Å². The molecule has 2 aromatic rings. The minimum absolute atomic E-state index is 0. The fraction of sp³-hybridized carbons (Fsp3) is 0.316. The molecular weight excluding hydrogens is 308 g/mol. The lowest BCUT2D eigenvalue weighted by molar-refractivity contribution is -0.122. The van der Waals surface area contributed by atoms with Gasteiger partial charge in [-0.2, -0.15) is 0 Å². The van der Waals surface area contributed by atoms with Gasteiger partial charge in [0, 0.05) is 12.2 Å². The molecule has 3 N–H and O–H groups in total. The lowest BCUT2D eigenvalue weighted by Crippen LogP contribution is -2.31. The van der Waals surface area contributed by atoms with Gasteiger partial charge in [-0.05, 0) is 36.1 Å². The smallest absolute Gasteiger partial charge is 0.227 e. The van der Waals surface area contributed by atoms with Crippen molar-refractivity contribution in [2.24, 2.45) is 0 Å². The molecule has 0 spiro atoms. The highest BCUT2D eigenvalue weighted by Gasteiger charge is 2.18. The first kappa shape index (κ1) is 19.0. The maximum Gasteiger partial charge on any atom is 0.227 e. The fourth-order valence-electron chi connectivity index (χ4n) is 2.56. The Morgan fingerprint density at radius 3 is 2.35 bits per heavy atom. The van der Waals surface area contributed by atoms with Crippen LogP contribution in [0.15, 0.2) is 54.6 Å². The molecule has 0 aliphatic carbocycles. The first-order chi connectivity index (χ1) is 10.7. The summed E-state index contributed by atoms with van der Waals surface area (Å²) in [5, 5.41) is 3.06. The highest BCUT2D eigenvalue weighted by molar-refractivity contribution is 5.85. The first-order valence-corrected chi connectivity index (χ1v) is 7.87. The Balaban J connectivity index is 0.00000264. The molecular formula is C19H25ClN2O. The minimum Gasteiger partial charge on any atom is -0.399 e. The second kappa shape index (κ2) is 9.90. The van der Waals surface area contributed by atoms with E-state index < -0.39 is 0 Å². The number of nitrogens with two attached hydrogens (primary N) is 1. The Morgan fingerprint density at radius 1 is 1.09 bits per heavy atom. The second-order valence-electron chi connectivity index (χ2n) is 5.53. The average Bonchev–Trinajstić information content (AvgIpc) is 2.55. The van der Waals surface area contributed by atoms with Crippen molar-refractivity contribution in [3.05, 3.63) is 65.7 Å². The zero-order valence-corrected chi connectivity index (χ0v) is 14.3. The summed E-state index contributed by atoms with van der Waals surface area (Å²) in [7, 11) is 0. The quantitative estimate of drug-likeness (QED) is 0.755. The van der Waals surface area contributed by atoms with E-state index in [1.807, 2.05) is 54.6 Å². The van der Waals surface area contributed by atoms with Gasteiger partial charge in [0.25, 0.3) is 0 Å². The number of carbonyl (C=O) groups excluding carboxylic acids is 1. The number of halogens is 1. The highest BCUT2D eigenvalue weighted by atomic mass is 35.5. The summed E-state index contributed by atoms with van der Waals surface area (Å²) in [6, 6.07) is 17.8. The predicted octanol–water partition coefficient (Wildman–Crippen LogP) is 3.93. The lowest BCUT2D eigenvalue weighted by atomic mass is 9.93. The Morgan fingerprint density at radius 2 is 1.74 bits per heavy atom. The van der Waals surface area contributed by atoms with E-state index in [1.54, 1.807) is 0 Å². The van der Waals surface area contributed by atoms with Crippen molar-refractivity contribution in [3.63, 3.8) is 0 Å². The van der Waals surface area contributed by atoms with Gasteiger partial charge in [-0.1, -0.05) is 55.8 Å². The molecule has 0 fully saturated rings. The van der Waals surface area contributed by atoms with Crippen LogP contribution in [0.3, 0.4) is 0 Å². The number of hydrogen-bond donors (Lipinski definition) is 2. The largest absolute Gasteiger partial charge is 0.399 e. The third-order valence-corrected chi connectivity index (χ3v) is 3.79. The zero-order valence-electron chi connectivity index (χ0n) is 13.5. The summed E-state index contributed by atoms with van der Waals surface area (Å²) >= 11 is 0. The molecule has 0 aliphatic heterocycles. The molecule has 3 nitrogen and oxygen atoms in total. The molecule has 0 aromatic heterocycles. The predicted molar refractivity (Wildman–Crippen MR) is 98.9 cm³/mol. The molecule has 2 aromatic carbocycles. The van der Waals surface area contributed by atoms with Gasteiger partial charge in [-0.15, -0.1) is 12.4 Å². The topological polar surface area (TPSA) is 55.1 Å². The molecule has 23 heavy (non-hydrogen) atoms. The number of benzene rings is 2. The summed E-state index contributed by atoms with van der Waals surface area (Å²) in [6.07, 6.45) is 2.68. The van der Waals surface area contributed by atoms with Crippen LogP contribution in [0, 0.1) is 0 Å². The maximum absolute atomic E-state index is 12.4. The molecule has 0 bridgehead atoms. The maximum atomic E-state index is 12.4. The number of rotatable bonds is 7. The van der Waals surface area contributed by atoms with E-state index in [4.69, 9.17) is 5.73 Å². The highest BCUT2D eigenvalue weighted by Crippen LogP contribution is 2.21. The van der Waals surface area contributed by atoms with Crippen LogP contribution in [0.5, 0.6) is 0 Å². The average molecular weight is 333 g/mol. The summed E-state index contributed by atoms with van der Waals surface area (Å²) in [5.74, 6) is 0.0566. The van der Waals surface area contributed by atoms with Crippen LogP contribution >= 0.6 is 12.4 Å². The molecule has 0 aliphatic rings. The molecule has 4 heteroatoms. The third-order valence-electron chi connectivity index (χ3n) is 3.79. The molecule has 1 unspecified atom stereocenters. The molecule has 0 heterocycles. The van der Waals surface area contributed by atoms with Crippen molar-refractivity contribution in [1.82, 2.24) is 5.32 Å². The monoisotopic (exact) mass is 332 g/mol. The Hall–Kier alpha value is -2.00. The SMILES string of the molecule is CCCC(C(=O)NCCc1ccc(N)cc1)c1ccccc1.Cl. The van der Waals surface area contributed by atoms with Crippen molar-refractivity contribution in [3.8, 4) is 0 Å². The Bertz CT molecular complexity index is 584. The van der Waals surface area contributed by atoms with Gasteiger partial charge in [-0.25, -0.2) is 0 Å². The number of carbonyl (C=O) groups is 1.